The molecule has 0 bridgehead atoms. The smallest absolute Gasteiger partial charge is 0.143 e. The van der Waals surface area contributed by atoms with E-state index in [1.165, 1.54) is 0 Å². The maximum Gasteiger partial charge on any atom is 0.143 e. The third-order valence-corrected chi connectivity index (χ3v) is 9.45. The summed E-state index contributed by atoms with van der Waals surface area (Å²) in [5.74, 6) is 0. The topological polar surface area (TPSA) is 348 Å². The van der Waals surface area contributed by atoms with Crippen molar-refractivity contribution in [3.63, 3.8) is 0 Å². The van der Waals surface area contributed by atoms with Crippen molar-refractivity contribution in [2.45, 2.75) is 115 Å². The molecule has 21 nitrogen and oxygen atoms in total. The van der Waals surface area contributed by atoms with Gasteiger partial charge in [0, 0.05) is 0 Å². The van der Waals surface area contributed by atoms with Crippen molar-refractivity contribution in [3.8, 4) is 0 Å². The predicted molar refractivity (Wildman–Crippen MR) is 153 cm³/mol. The zero-order chi connectivity index (χ0) is 36.2. The molecule has 4 aliphatic rings. The van der Waals surface area contributed by atoms with Gasteiger partial charge in [-0.3, -0.25) is 0 Å². The van der Waals surface area contributed by atoms with Crippen molar-refractivity contribution < 1.29 is 105 Å². The highest BCUT2D eigenvalue weighted by Crippen LogP contribution is 2.32. The zero-order valence-corrected chi connectivity index (χ0v) is 26.4. The zero-order valence-electron chi connectivity index (χ0n) is 26.4. The number of rotatable bonds is 15. The molecule has 0 radical (unpaired) electrons. The van der Waals surface area contributed by atoms with Crippen molar-refractivity contribution in [2.75, 3.05) is 59.5 Å². The number of aliphatic hydroxyl groups excluding tert-OH is 14. The van der Waals surface area contributed by atoms with E-state index in [9.17, 15) is 71.5 Å². The van der Waals surface area contributed by atoms with Crippen molar-refractivity contribution in [3.05, 3.63) is 0 Å². The van der Waals surface area contributed by atoms with Crippen LogP contribution in [0, 0.1) is 0 Å². The van der Waals surface area contributed by atoms with Gasteiger partial charge in [0.2, 0.25) is 0 Å². The summed E-state index contributed by atoms with van der Waals surface area (Å²) in [5, 5.41) is 142. The quantitative estimate of drug-likeness (QED) is 0.0746. The minimum Gasteiger partial charge on any atom is -0.394 e. The van der Waals surface area contributed by atoms with Gasteiger partial charge in [0.15, 0.2) is 0 Å². The highest BCUT2D eigenvalue weighted by Gasteiger charge is 2.54. The molecular formula is C28H50O21. The molecule has 0 aromatic carbocycles. The lowest BCUT2D eigenvalue weighted by Gasteiger charge is -2.42. The Morgan fingerprint density at radius 1 is 0.388 bits per heavy atom. The number of aliphatic hydroxyl groups is 14. The van der Waals surface area contributed by atoms with Gasteiger partial charge in [-0.15, -0.1) is 0 Å². The Morgan fingerprint density at radius 2 is 0.714 bits per heavy atom. The minimum atomic E-state index is -1.80. The van der Waals surface area contributed by atoms with E-state index in [0.717, 1.165) is 0 Å². The van der Waals surface area contributed by atoms with Gasteiger partial charge in [0.05, 0.1) is 59.5 Å². The lowest BCUT2D eigenvalue weighted by Crippen LogP contribution is -2.61. The minimum absolute atomic E-state index is 0.371. The third-order valence-electron chi connectivity index (χ3n) is 9.45. The largest absolute Gasteiger partial charge is 0.394 e. The first-order valence-corrected chi connectivity index (χ1v) is 15.9. The molecule has 0 spiro atoms. The Balaban J connectivity index is 1.26. The van der Waals surface area contributed by atoms with Gasteiger partial charge in [0.1, 0.15) is 115 Å². The molecule has 0 aromatic rings. The van der Waals surface area contributed by atoms with E-state index in [2.05, 4.69) is 0 Å². The number of hydrogen-bond acceptors (Lipinski definition) is 21. The second-order valence-corrected chi connectivity index (χ2v) is 12.8. The van der Waals surface area contributed by atoms with Crippen LogP contribution in [0.1, 0.15) is 0 Å². The van der Waals surface area contributed by atoms with Crippen LogP contribution < -0.4 is 0 Å². The van der Waals surface area contributed by atoms with E-state index in [0.29, 0.717) is 0 Å². The first-order chi connectivity index (χ1) is 23.2. The van der Waals surface area contributed by atoms with E-state index in [-0.39, 0.29) is 6.61 Å². The normalized spacial score (nSPS) is 49.3. The summed E-state index contributed by atoms with van der Waals surface area (Å²) in [6.45, 7) is -4.66. The van der Waals surface area contributed by atoms with Crippen LogP contribution in [0.25, 0.3) is 0 Å². The molecule has 4 saturated heterocycles. The lowest BCUT2D eigenvalue weighted by molar-refractivity contribution is -0.263. The van der Waals surface area contributed by atoms with Crippen molar-refractivity contribution in [2.24, 2.45) is 0 Å². The van der Waals surface area contributed by atoms with Crippen LogP contribution >= 0.6 is 0 Å². The fourth-order valence-electron chi connectivity index (χ4n) is 6.27. The van der Waals surface area contributed by atoms with Crippen molar-refractivity contribution in [1.82, 2.24) is 0 Å². The molecule has 0 amide bonds. The molecule has 21 heteroatoms. The standard InChI is InChI=1S/C28H50O21/c29-1-10-17(32)24(39)18(33)12(46-10)3-43-4-13-19(34)25(40)20(35)14(47-13)5-44-6-15-21(36)26(41)22(37)16(48-15)7-45-9-28(8-31)27(42)23(38)11(2-30)49-28/h10-27,29-42H,1-9H2/t10?,11?,12?,13?,14?,15?,16?,17-,18+,19-,20+,21-,22+,23+,24-,25-,26-,27+,28-/m0/s1. The Hall–Kier alpha value is -0.840. The second-order valence-electron chi connectivity index (χ2n) is 12.8. The van der Waals surface area contributed by atoms with Gasteiger partial charge < -0.3 is 105 Å². The summed E-state index contributed by atoms with van der Waals surface area (Å²) in [4.78, 5) is 0. The van der Waals surface area contributed by atoms with E-state index in [4.69, 9.17) is 33.2 Å². The summed E-state index contributed by atoms with van der Waals surface area (Å²) in [7, 11) is 0. The van der Waals surface area contributed by atoms with Crippen molar-refractivity contribution >= 4 is 0 Å². The Labute approximate surface area is 279 Å². The van der Waals surface area contributed by atoms with Crippen LogP contribution in [0.15, 0.2) is 0 Å². The monoisotopic (exact) mass is 722 g/mol. The van der Waals surface area contributed by atoms with Crippen LogP contribution in [-0.4, -0.2) is 246 Å². The second kappa shape index (κ2) is 17.8. The van der Waals surface area contributed by atoms with E-state index >= 15 is 0 Å². The molecule has 4 heterocycles. The molecule has 288 valence electrons. The highest BCUT2D eigenvalue weighted by molar-refractivity contribution is 5.02. The van der Waals surface area contributed by atoms with Crippen LogP contribution in [0.4, 0.5) is 0 Å². The van der Waals surface area contributed by atoms with Crippen LogP contribution in [0.3, 0.4) is 0 Å². The van der Waals surface area contributed by atoms with Crippen LogP contribution in [0.2, 0.25) is 0 Å². The van der Waals surface area contributed by atoms with E-state index < -0.39 is 168 Å². The van der Waals surface area contributed by atoms with Gasteiger partial charge >= 0.3 is 0 Å². The Morgan fingerprint density at radius 3 is 1.04 bits per heavy atom. The maximum absolute atomic E-state index is 10.5. The van der Waals surface area contributed by atoms with E-state index in [1.807, 2.05) is 0 Å². The molecule has 49 heavy (non-hydrogen) atoms. The summed E-state index contributed by atoms with van der Waals surface area (Å²) in [6.07, 6.45) is -26.4. The molecule has 14 N–H and O–H groups in total. The maximum atomic E-state index is 10.5. The molecule has 0 saturated carbocycles. The van der Waals surface area contributed by atoms with Crippen LogP contribution in [0.5, 0.6) is 0 Å². The molecular weight excluding hydrogens is 672 g/mol. The average molecular weight is 723 g/mol. The molecule has 7 unspecified atom stereocenters. The highest BCUT2D eigenvalue weighted by atomic mass is 16.6. The fourth-order valence-corrected chi connectivity index (χ4v) is 6.27. The SMILES string of the molecule is OCC1O[C@@](CO)(COCC2OC(COCC3OC(COCC4OC(CO)[C@H](O)[C@H](O)[C@@H]4O)[C@H](O)[C@H](O)[C@@H]3O)[C@H](O)[C@H](O)[C@@H]2O)[C@H](O)[C@@H]1O. The summed E-state index contributed by atoms with van der Waals surface area (Å²) in [6, 6.07) is 0. The number of ether oxygens (including phenoxy) is 7. The fraction of sp³-hybridized carbons (Fsp3) is 1.00. The average Bonchev–Trinajstić information content (AvgIpc) is 3.34. The van der Waals surface area contributed by atoms with Gasteiger partial charge in [-0.2, -0.15) is 0 Å². The van der Waals surface area contributed by atoms with Gasteiger partial charge in [0.25, 0.3) is 0 Å². The molecule has 0 aliphatic carbocycles. The third kappa shape index (κ3) is 8.87. The van der Waals surface area contributed by atoms with E-state index in [1.54, 1.807) is 0 Å². The summed E-state index contributed by atoms with van der Waals surface area (Å²) < 4.78 is 38.6. The summed E-state index contributed by atoms with van der Waals surface area (Å²) in [5.41, 5.74) is -1.80. The van der Waals surface area contributed by atoms with Gasteiger partial charge in [-0.05, 0) is 0 Å². The van der Waals surface area contributed by atoms with Gasteiger partial charge in [-0.25, -0.2) is 0 Å². The Bertz CT molecular complexity index is 996. The number of hydrogen-bond donors (Lipinski definition) is 14. The Kier molecular flexibility index (Phi) is 14.9. The first kappa shape index (κ1) is 40.9. The molecule has 19 atom stereocenters. The molecule has 0 aromatic heterocycles. The summed E-state index contributed by atoms with van der Waals surface area (Å²) >= 11 is 0. The predicted octanol–water partition coefficient (Wildman–Crippen LogP) is -9.58. The molecule has 4 rings (SSSR count). The lowest BCUT2D eigenvalue weighted by atomic mass is 9.94. The van der Waals surface area contributed by atoms with Crippen LogP contribution in [-0.2, 0) is 33.2 Å². The first-order valence-electron chi connectivity index (χ1n) is 15.9. The van der Waals surface area contributed by atoms with Crippen molar-refractivity contribution in [1.29, 1.82) is 0 Å². The van der Waals surface area contributed by atoms with Gasteiger partial charge in [-0.1, -0.05) is 0 Å². The molecule has 4 aliphatic heterocycles. The molecule has 4 fully saturated rings.